The maximum absolute atomic E-state index is 10.7. The SMILES string of the molecule is CC(OCc1cccc(Cl)c1)c1ccc(C(=O)O)o1. The van der Waals surface area contributed by atoms with E-state index in [9.17, 15) is 4.79 Å². The summed E-state index contributed by atoms with van der Waals surface area (Å²) in [7, 11) is 0. The first-order chi connectivity index (χ1) is 9.06. The van der Waals surface area contributed by atoms with Crippen molar-refractivity contribution in [1.82, 2.24) is 0 Å². The van der Waals surface area contributed by atoms with E-state index in [1.54, 1.807) is 19.1 Å². The van der Waals surface area contributed by atoms with E-state index in [4.69, 9.17) is 25.9 Å². The van der Waals surface area contributed by atoms with Crippen LogP contribution in [0.1, 0.15) is 34.9 Å². The zero-order valence-electron chi connectivity index (χ0n) is 10.3. The van der Waals surface area contributed by atoms with Crippen LogP contribution in [0.3, 0.4) is 0 Å². The van der Waals surface area contributed by atoms with Gasteiger partial charge in [-0.1, -0.05) is 23.7 Å². The average Bonchev–Trinajstić information content (AvgIpc) is 2.86. The Bertz CT molecular complexity index is 576. The van der Waals surface area contributed by atoms with Crippen molar-refractivity contribution in [2.24, 2.45) is 0 Å². The van der Waals surface area contributed by atoms with Crippen LogP contribution in [0.2, 0.25) is 5.02 Å². The number of halogens is 1. The second-order valence-electron chi connectivity index (χ2n) is 4.09. The van der Waals surface area contributed by atoms with Gasteiger partial charge in [0.1, 0.15) is 11.9 Å². The Labute approximate surface area is 115 Å². The van der Waals surface area contributed by atoms with Crippen molar-refractivity contribution < 1.29 is 19.1 Å². The molecule has 0 aliphatic heterocycles. The van der Waals surface area contributed by atoms with Gasteiger partial charge in [-0.3, -0.25) is 0 Å². The van der Waals surface area contributed by atoms with E-state index in [1.807, 2.05) is 18.2 Å². The quantitative estimate of drug-likeness (QED) is 0.902. The monoisotopic (exact) mass is 280 g/mol. The Morgan fingerprint density at radius 2 is 2.21 bits per heavy atom. The molecule has 0 saturated heterocycles. The van der Waals surface area contributed by atoms with E-state index in [2.05, 4.69) is 0 Å². The number of hydrogen-bond acceptors (Lipinski definition) is 3. The van der Waals surface area contributed by atoms with Gasteiger partial charge in [-0.05, 0) is 36.8 Å². The zero-order valence-corrected chi connectivity index (χ0v) is 11.1. The fourth-order valence-corrected chi connectivity index (χ4v) is 1.83. The third-order valence-electron chi connectivity index (χ3n) is 2.63. The van der Waals surface area contributed by atoms with Crippen molar-refractivity contribution in [2.45, 2.75) is 19.6 Å². The third-order valence-corrected chi connectivity index (χ3v) is 2.86. The van der Waals surface area contributed by atoms with Crippen LogP contribution in [0.25, 0.3) is 0 Å². The lowest BCUT2D eigenvalue weighted by Gasteiger charge is -2.10. The Balaban J connectivity index is 1.97. The summed E-state index contributed by atoms with van der Waals surface area (Å²) in [6.07, 6.45) is -0.327. The number of carbonyl (C=O) groups is 1. The fraction of sp³-hybridized carbons (Fsp3) is 0.214. The van der Waals surface area contributed by atoms with Gasteiger partial charge in [0.25, 0.3) is 0 Å². The molecular weight excluding hydrogens is 268 g/mol. The van der Waals surface area contributed by atoms with E-state index < -0.39 is 5.97 Å². The van der Waals surface area contributed by atoms with Crippen LogP contribution < -0.4 is 0 Å². The topological polar surface area (TPSA) is 59.7 Å². The second-order valence-corrected chi connectivity index (χ2v) is 4.53. The molecule has 0 fully saturated rings. The van der Waals surface area contributed by atoms with Crippen molar-refractivity contribution >= 4 is 17.6 Å². The summed E-state index contributed by atoms with van der Waals surface area (Å²) in [6.45, 7) is 2.18. The predicted octanol–water partition coefficient (Wildman–Crippen LogP) is 3.91. The van der Waals surface area contributed by atoms with Crippen LogP contribution in [0.15, 0.2) is 40.8 Å². The average molecular weight is 281 g/mol. The van der Waals surface area contributed by atoms with E-state index in [1.165, 1.54) is 6.07 Å². The van der Waals surface area contributed by atoms with Gasteiger partial charge in [0.05, 0.1) is 6.61 Å². The van der Waals surface area contributed by atoms with Crippen LogP contribution in [-0.2, 0) is 11.3 Å². The lowest BCUT2D eigenvalue weighted by Crippen LogP contribution is -1.99. The first-order valence-electron chi connectivity index (χ1n) is 5.75. The van der Waals surface area contributed by atoms with E-state index in [0.717, 1.165) is 5.56 Å². The molecule has 0 amide bonds. The minimum atomic E-state index is -1.09. The standard InChI is InChI=1S/C14H13ClO4/c1-9(12-5-6-13(19-12)14(16)17)18-8-10-3-2-4-11(15)7-10/h2-7,9H,8H2,1H3,(H,16,17). The summed E-state index contributed by atoms with van der Waals surface area (Å²) in [5.74, 6) is -0.694. The van der Waals surface area contributed by atoms with Crippen LogP contribution in [0.5, 0.6) is 0 Å². The van der Waals surface area contributed by atoms with Crippen LogP contribution in [0, 0.1) is 0 Å². The minimum absolute atomic E-state index is 0.0896. The molecule has 100 valence electrons. The normalized spacial score (nSPS) is 12.3. The predicted molar refractivity (Wildman–Crippen MR) is 70.3 cm³/mol. The fourth-order valence-electron chi connectivity index (χ4n) is 1.62. The maximum atomic E-state index is 10.7. The van der Waals surface area contributed by atoms with Crippen molar-refractivity contribution in [2.75, 3.05) is 0 Å². The molecule has 1 aromatic heterocycles. The molecule has 5 heteroatoms. The first kappa shape index (κ1) is 13.6. The molecule has 0 radical (unpaired) electrons. The Morgan fingerprint density at radius 1 is 1.42 bits per heavy atom. The van der Waals surface area contributed by atoms with Crippen molar-refractivity contribution in [3.05, 3.63) is 58.5 Å². The summed E-state index contributed by atoms with van der Waals surface area (Å²) in [4.78, 5) is 10.7. The molecule has 0 spiro atoms. The Kier molecular flexibility index (Phi) is 4.24. The number of aromatic carboxylic acids is 1. The van der Waals surface area contributed by atoms with Crippen LogP contribution >= 0.6 is 11.6 Å². The molecule has 1 unspecified atom stereocenters. The molecule has 1 atom stereocenters. The molecule has 19 heavy (non-hydrogen) atoms. The number of benzene rings is 1. The number of furan rings is 1. The molecule has 0 saturated carbocycles. The van der Waals surface area contributed by atoms with E-state index in [0.29, 0.717) is 17.4 Å². The van der Waals surface area contributed by atoms with Crippen LogP contribution in [-0.4, -0.2) is 11.1 Å². The van der Waals surface area contributed by atoms with Gasteiger partial charge < -0.3 is 14.3 Å². The van der Waals surface area contributed by atoms with Gasteiger partial charge in [0.15, 0.2) is 0 Å². The lowest BCUT2D eigenvalue weighted by molar-refractivity contribution is 0.0360. The highest BCUT2D eigenvalue weighted by molar-refractivity contribution is 6.30. The highest BCUT2D eigenvalue weighted by Gasteiger charge is 2.14. The maximum Gasteiger partial charge on any atom is 0.371 e. The molecule has 0 aliphatic carbocycles. The number of hydrogen-bond donors (Lipinski definition) is 1. The third kappa shape index (κ3) is 3.59. The molecule has 0 aliphatic rings. The van der Waals surface area contributed by atoms with Gasteiger partial charge >= 0.3 is 5.97 Å². The van der Waals surface area contributed by atoms with Crippen molar-refractivity contribution in [1.29, 1.82) is 0 Å². The molecule has 1 N–H and O–H groups in total. The van der Waals surface area contributed by atoms with Gasteiger partial charge in [-0.15, -0.1) is 0 Å². The Morgan fingerprint density at radius 3 is 2.84 bits per heavy atom. The van der Waals surface area contributed by atoms with E-state index >= 15 is 0 Å². The minimum Gasteiger partial charge on any atom is -0.475 e. The smallest absolute Gasteiger partial charge is 0.371 e. The number of carboxylic acids is 1. The molecule has 0 bridgehead atoms. The van der Waals surface area contributed by atoms with E-state index in [-0.39, 0.29) is 11.9 Å². The first-order valence-corrected chi connectivity index (χ1v) is 6.13. The molecule has 2 rings (SSSR count). The molecule has 2 aromatic rings. The zero-order chi connectivity index (χ0) is 13.8. The highest BCUT2D eigenvalue weighted by Crippen LogP contribution is 2.21. The van der Waals surface area contributed by atoms with Gasteiger partial charge in [-0.2, -0.15) is 0 Å². The van der Waals surface area contributed by atoms with Crippen molar-refractivity contribution in [3.63, 3.8) is 0 Å². The summed E-state index contributed by atoms with van der Waals surface area (Å²) in [5.41, 5.74) is 0.948. The molecule has 1 aromatic carbocycles. The Hall–Kier alpha value is -1.78. The number of rotatable bonds is 5. The van der Waals surface area contributed by atoms with Gasteiger partial charge in [0, 0.05) is 5.02 Å². The highest BCUT2D eigenvalue weighted by atomic mass is 35.5. The lowest BCUT2D eigenvalue weighted by atomic mass is 10.2. The number of carboxylic acid groups (broad SMARTS) is 1. The van der Waals surface area contributed by atoms with Crippen molar-refractivity contribution in [3.8, 4) is 0 Å². The van der Waals surface area contributed by atoms with Gasteiger partial charge in [-0.25, -0.2) is 4.79 Å². The summed E-state index contributed by atoms with van der Waals surface area (Å²) < 4.78 is 10.8. The van der Waals surface area contributed by atoms with Crippen LogP contribution in [0.4, 0.5) is 0 Å². The summed E-state index contributed by atoms with van der Waals surface area (Å²) in [6, 6.07) is 10.4. The number of ether oxygens (including phenoxy) is 1. The summed E-state index contributed by atoms with van der Waals surface area (Å²) in [5, 5.41) is 9.42. The summed E-state index contributed by atoms with van der Waals surface area (Å²) >= 11 is 5.88. The van der Waals surface area contributed by atoms with Gasteiger partial charge in [0.2, 0.25) is 5.76 Å². The largest absolute Gasteiger partial charge is 0.475 e. The molecule has 1 heterocycles. The molecule has 4 nitrogen and oxygen atoms in total. The molecular formula is C14H13ClO4. The second kappa shape index (κ2) is 5.91.